The van der Waals surface area contributed by atoms with E-state index in [4.69, 9.17) is 11.6 Å². The number of hydrogen-bond acceptors (Lipinski definition) is 2. The predicted molar refractivity (Wildman–Crippen MR) is 89.5 cm³/mol. The van der Waals surface area contributed by atoms with Gasteiger partial charge in [0.15, 0.2) is 5.78 Å². The van der Waals surface area contributed by atoms with Crippen LogP contribution in [0, 0.1) is 6.92 Å². The van der Waals surface area contributed by atoms with Gasteiger partial charge in [-0.05, 0) is 60.2 Å². The van der Waals surface area contributed by atoms with Crippen LogP contribution in [0.2, 0.25) is 5.02 Å². The number of ketones is 1. The Labute approximate surface area is 139 Å². The Morgan fingerprint density at radius 1 is 1.04 bits per heavy atom. The maximum absolute atomic E-state index is 12.6. The van der Waals surface area contributed by atoms with Crippen molar-refractivity contribution in [2.75, 3.05) is 0 Å². The maximum atomic E-state index is 12.6. The summed E-state index contributed by atoms with van der Waals surface area (Å²) < 4.78 is 0. The minimum atomic E-state index is -0.676. The highest BCUT2D eigenvalue weighted by molar-refractivity contribution is 6.30. The monoisotopic (exact) mass is 325 g/mol. The second kappa shape index (κ2) is 4.93. The molecule has 1 N–H and O–H groups in total. The van der Waals surface area contributed by atoms with Crippen molar-refractivity contribution in [2.45, 2.75) is 31.2 Å². The molecule has 1 saturated heterocycles. The average molecular weight is 326 g/mol. The highest BCUT2D eigenvalue weighted by atomic mass is 35.5. The molecule has 0 bridgehead atoms. The Kier molecular flexibility index (Phi) is 3.10. The standard InChI is InChI=1S/C19H16ClNO2/c1-11-2-3-13(12-4-6-14(20)7-5-12)10-15(11)16-17(22)19(8-9-19)21-18(16)23/h2-7,10,16H,8-9H2,1H3,(H,21,23). The number of halogens is 1. The first kappa shape index (κ1) is 14.5. The number of benzene rings is 2. The zero-order valence-corrected chi connectivity index (χ0v) is 13.5. The van der Waals surface area contributed by atoms with Crippen LogP contribution in [0.3, 0.4) is 0 Å². The molecule has 1 spiro atoms. The van der Waals surface area contributed by atoms with E-state index in [2.05, 4.69) is 5.32 Å². The molecule has 3 nitrogen and oxygen atoms in total. The van der Waals surface area contributed by atoms with E-state index < -0.39 is 11.5 Å². The molecule has 2 aliphatic rings. The summed E-state index contributed by atoms with van der Waals surface area (Å²) in [6.07, 6.45) is 1.54. The molecule has 4 heteroatoms. The zero-order valence-electron chi connectivity index (χ0n) is 12.7. The van der Waals surface area contributed by atoms with E-state index in [1.54, 1.807) is 0 Å². The molecular weight excluding hydrogens is 310 g/mol. The number of hydrogen-bond donors (Lipinski definition) is 1. The quantitative estimate of drug-likeness (QED) is 0.857. The van der Waals surface area contributed by atoms with Gasteiger partial charge in [-0.15, -0.1) is 0 Å². The summed E-state index contributed by atoms with van der Waals surface area (Å²) in [7, 11) is 0. The van der Waals surface area contributed by atoms with Gasteiger partial charge >= 0.3 is 0 Å². The van der Waals surface area contributed by atoms with Crippen LogP contribution in [0.4, 0.5) is 0 Å². The zero-order chi connectivity index (χ0) is 16.2. The van der Waals surface area contributed by atoms with E-state index >= 15 is 0 Å². The number of rotatable bonds is 2. The topological polar surface area (TPSA) is 46.2 Å². The fourth-order valence-corrected chi connectivity index (χ4v) is 3.44. The Morgan fingerprint density at radius 3 is 2.30 bits per heavy atom. The van der Waals surface area contributed by atoms with Crippen molar-refractivity contribution >= 4 is 23.3 Å². The van der Waals surface area contributed by atoms with Gasteiger partial charge in [0.1, 0.15) is 5.92 Å². The van der Waals surface area contributed by atoms with Crippen molar-refractivity contribution in [3.63, 3.8) is 0 Å². The van der Waals surface area contributed by atoms with E-state index in [0.29, 0.717) is 5.02 Å². The molecule has 1 heterocycles. The third kappa shape index (κ3) is 2.27. The van der Waals surface area contributed by atoms with Crippen LogP contribution < -0.4 is 5.32 Å². The van der Waals surface area contributed by atoms with Crippen molar-refractivity contribution in [3.8, 4) is 11.1 Å². The molecule has 2 aromatic rings. The van der Waals surface area contributed by atoms with Crippen LogP contribution >= 0.6 is 11.6 Å². The first-order valence-electron chi connectivity index (χ1n) is 7.73. The van der Waals surface area contributed by atoms with Crippen LogP contribution in [0.25, 0.3) is 11.1 Å². The molecule has 0 radical (unpaired) electrons. The van der Waals surface area contributed by atoms with Gasteiger partial charge in [0, 0.05) is 5.02 Å². The van der Waals surface area contributed by atoms with Gasteiger partial charge in [0.05, 0.1) is 5.54 Å². The fourth-order valence-electron chi connectivity index (χ4n) is 3.32. The number of Topliss-reactive ketones (excluding diaryl/α,β-unsaturated/α-hetero) is 1. The molecule has 2 fully saturated rings. The molecule has 4 rings (SSSR count). The number of nitrogens with one attached hydrogen (secondary N) is 1. The molecule has 1 unspecified atom stereocenters. The van der Waals surface area contributed by atoms with Crippen molar-refractivity contribution < 1.29 is 9.59 Å². The lowest BCUT2D eigenvalue weighted by Gasteiger charge is -2.13. The van der Waals surface area contributed by atoms with Crippen molar-refractivity contribution in [1.29, 1.82) is 0 Å². The van der Waals surface area contributed by atoms with Gasteiger partial charge in [-0.3, -0.25) is 9.59 Å². The summed E-state index contributed by atoms with van der Waals surface area (Å²) in [4.78, 5) is 25.0. The summed E-state index contributed by atoms with van der Waals surface area (Å²) in [6.45, 7) is 1.94. The van der Waals surface area contributed by atoms with Gasteiger partial charge in [-0.25, -0.2) is 0 Å². The molecule has 1 atom stereocenters. The van der Waals surface area contributed by atoms with Gasteiger partial charge in [-0.2, -0.15) is 0 Å². The minimum Gasteiger partial charge on any atom is -0.343 e. The van der Waals surface area contributed by atoms with Crippen LogP contribution in [0.5, 0.6) is 0 Å². The third-order valence-electron chi connectivity index (χ3n) is 4.88. The molecule has 116 valence electrons. The number of carbonyl (C=O) groups is 2. The van der Waals surface area contributed by atoms with Crippen molar-refractivity contribution in [1.82, 2.24) is 5.32 Å². The Hall–Kier alpha value is -2.13. The molecule has 1 aliphatic heterocycles. The van der Waals surface area contributed by atoms with Crippen molar-refractivity contribution in [3.05, 3.63) is 58.6 Å². The Bertz CT molecular complexity index is 822. The van der Waals surface area contributed by atoms with E-state index in [-0.39, 0.29) is 11.7 Å². The first-order valence-corrected chi connectivity index (χ1v) is 8.11. The first-order chi connectivity index (χ1) is 11.0. The van der Waals surface area contributed by atoms with E-state index in [9.17, 15) is 9.59 Å². The lowest BCUT2D eigenvalue weighted by atomic mass is 9.88. The summed E-state index contributed by atoms with van der Waals surface area (Å²) in [5.74, 6) is -0.813. The second-order valence-electron chi connectivity index (χ2n) is 6.45. The predicted octanol–water partition coefficient (Wildman–Crippen LogP) is 3.63. The third-order valence-corrected chi connectivity index (χ3v) is 5.13. The van der Waals surface area contributed by atoms with Crippen LogP contribution in [-0.2, 0) is 9.59 Å². The molecule has 1 aliphatic carbocycles. The maximum Gasteiger partial charge on any atom is 0.235 e. The summed E-state index contributed by atoms with van der Waals surface area (Å²) in [5, 5.41) is 3.57. The lowest BCUT2D eigenvalue weighted by Crippen LogP contribution is -2.30. The molecule has 1 saturated carbocycles. The highest BCUT2D eigenvalue weighted by Crippen LogP contribution is 2.46. The Balaban J connectivity index is 1.77. The molecule has 0 aromatic heterocycles. The molecular formula is C19H16ClNO2. The fraction of sp³-hybridized carbons (Fsp3) is 0.263. The Morgan fingerprint density at radius 2 is 1.70 bits per heavy atom. The van der Waals surface area contributed by atoms with Crippen LogP contribution in [0.15, 0.2) is 42.5 Å². The van der Waals surface area contributed by atoms with E-state index in [1.165, 1.54) is 0 Å². The minimum absolute atomic E-state index is 0.0267. The normalized spacial score (nSPS) is 21.6. The summed E-state index contributed by atoms with van der Waals surface area (Å²) in [5.41, 5.74) is 3.21. The second-order valence-corrected chi connectivity index (χ2v) is 6.88. The summed E-state index contributed by atoms with van der Waals surface area (Å²) in [6, 6.07) is 13.5. The van der Waals surface area contributed by atoms with Gasteiger partial charge in [0.25, 0.3) is 0 Å². The summed E-state index contributed by atoms with van der Waals surface area (Å²) >= 11 is 5.94. The van der Waals surface area contributed by atoms with Crippen molar-refractivity contribution in [2.24, 2.45) is 0 Å². The molecule has 2 aromatic carbocycles. The smallest absolute Gasteiger partial charge is 0.235 e. The average Bonchev–Trinajstić information content (AvgIpc) is 3.26. The van der Waals surface area contributed by atoms with Gasteiger partial charge < -0.3 is 5.32 Å². The lowest BCUT2D eigenvalue weighted by molar-refractivity contribution is -0.124. The van der Waals surface area contributed by atoms with Gasteiger partial charge in [-0.1, -0.05) is 35.9 Å². The van der Waals surface area contributed by atoms with Crippen LogP contribution in [0.1, 0.15) is 29.9 Å². The molecule has 1 amide bonds. The number of amides is 1. The number of carbonyl (C=O) groups excluding carboxylic acids is 2. The van der Waals surface area contributed by atoms with Gasteiger partial charge in [0.2, 0.25) is 5.91 Å². The molecule has 23 heavy (non-hydrogen) atoms. The van der Waals surface area contributed by atoms with E-state index in [1.807, 2.05) is 49.4 Å². The van der Waals surface area contributed by atoms with Crippen LogP contribution in [-0.4, -0.2) is 17.2 Å². The number of aryl methyl sites for hydroxylation is 1. The van der Waals surface area contributed by atoms with E-state index in [0.717, 1.165) is 35.1 Å². The SMILES string of the molecule is Cc1ccc(-c2ccc(Cl)cc2)cc1C1C(=O)NC2(CC2)C1=O. The highest BCUT2D eigenvalue weighted by Gasteiger charge is 2.60. The largest absolute Gasteiger partial charge is 0.343 e.